The van der Waals surface area contributed by atoms with E-state index in [2.05, 4.69) is 25.9 Å². The molecule has 6 heteroatoms. The molecule has 0 saturated heterocycles. The minimum Gasteiger partial charge on any atom is -0.359 e. The summed E-state index contributed by atoms with van der Waals surface area (Å²) in [6.45, 7) is 7.91. The Morgan fingerprint density at radius 2 is 1.60 bits per heavy atom. The molecule has 0 aliphatic rings. The van der Waals surface area contributed by atoms with Gasteiger partial charge in [0.1, 0.15) is 19.1 Å². The number of ether oxygens (including phenoxy) is 1. The number of aromatic nitrogens is 2. The first-order valence-corrected chi connectivity index (χ1v) is 9.63. The van der Waals surface area contributed by atoms with Gasteiger partial charge in [-0.1, -0.05) is 72.1 Å². The Morgan fingerprint density at radius 3 is 2.12 bits per heavy atom. The molecule has 1 rings (SSSR count). The molecule has 0 N–H and O–H groups in total. The number of rotatable bonds is 14. The highest BCUT2D eigenvalue weighted by atomic mass is 16.6. The Hall–Kier alpha value is -1.43. The van der Waals surface area contributed by atoms with E-state index in [1.807, 2.05) is 0 Å². The third-order valence-electron chi connectivity index (χ3n) is 4.27. The molecule has 1 aromatic rings. The van der Waals surface area contributed by atoms with E-state index in [9.17, 15) is 10.1 Å². The topological polar surface area (TPSA) is 70.2 Å². The van der Waals surface area contributed by atoms with Gasteiger partial charge in [0.25, 0.3) is 0 Å². The van der Waals surface area contributed by atoms with Crippen LogP contribution in [0, 0.1) is 15.5 Å². The van der Waals surface area contributed by atoms with Crippen molar-refractivity contribution in [2.24, 2.45) is 5.41 Å². The van der Waals surface area contributed by atoms with Crippen LogP contribution in [0.5, 0.6) is 0 Å². The fourth-order valence-electron chi connectivity index (χ4n) is 2.77. The summed E-state index contributed by atoms with van der Waals surface area (Å²) in [4.78, 5) is 10.1. The summed E-state index contributed by atoms with van der Waals surface area (Å²) in [5, 5.41) is 14.4. The van der Waals surface area contributed by atoms with E-state index in [-0.39, 0.29) is 12.4 Å². The summed E-state index contributed by atoms with van der Waals surface area (Å²) < 4.78 is 6.95. The summed E-state index contributed by atoms with van der Waals surface area (Å²) in [7, 11) is 0. The van der Waals surface area contributed by atoms with Gasteiger partial charge in [-0.3, -0.25) is 10.1 Å². The monoisotopic (exact) mass is 353 g/mol. The highest BCUT2D eigenvalue weighted by Crippen LogP contribution is 2.22. The third kappa shape index (κ3) is 11.7. The van der Waals surface area contributed by atoms with Gasteiger partial charge in [-0.15, -0.1) is 0 Å². The SMILES string of the molecule is CC(C)(C)CCCCCCCCCCCOCn1cc([N+](=O)[O-])cn1. The van der Waals surface area contributed by atoms with Crippen LogP contribution >= 0.6 is 0 Å². The largest absolute Gasteiger partial charge is 0.359 e. The summed E-state index contributed by atoms with van der Waals surface area (Å²) >= 11 is 0. The van der Waals surface area contributed by atoms with Gasteiger partial charge in [0.05, 0.1) is 4.92 Å². The Morgan fingerprint density at radius 1 is 1.04 bits per heavy atom. The van der Waals surface area contributed by atoms with Crippen molar-refractivity contribution >= 4 is 5.69 Å². The quantitative estimate of drug-likeness (QED) is 0.244. The van der Waals surface area contributed by atoms with Crippen molar-refractivity contribution in [3.05, 3.63) is 22.5 Å². The maximum Gasteiger partial charge on any atom is 0.307 e. The van der Waals surface area contributed by atoms with Crippen LogP contribution < -0.4 is 0 Å². The van der Waals surface area contributed by atoms with Crippen LogP contribution in [-0.4, -0.2) is 21.3 Å². The molecule has 0 atom stereocenters. The molecule has 0 aliphatic carbocycles. The second-order valence-electron chi connectivity index (χ2n) is 8.03. The van der Waals surface area contributed by atoms with Crippen LogP contribution in [0.4, 0.5) is 5.69 Å². The van der Waals surface area contributed by atoms with Crippen LogP contribution in [0.25, 0.3) is 0 Å². The van der Waals surface area contributed by atoms with Crippen molar-refractivity contribution in [1.29, 1.82) is 0 Å². The lowest BCUT2D eigenvalue weighted by Gasteiger charge is -2.17. The fraction of sp³-hybridized carbons (Fsp3) is 0.842. The van der Waals surface area contributed by atoms with Crippen LogP contribution in [0.15, 0.2) is 12.4 Å². The summed E-state index contributed by atoms with van der Waals surface area (Å²) in [6.07, 6.45) is 15.6. The average molecular weight is 354 g/mol. The first kappa shape index (κ1) is 21.6. The number of nitro groups is 1. The maximum atomic E-state index is 10.5. The Labute approximate surface area is 152 Å². The molecule has 0 radical (unpaired) electrons. The molecule has 0 unspecified atom stereocenters. The van der Waals surface area contributed by atoms with Crippen LogP contribution in [-0.2, 0) is 11.5 Å². The molecule has 1 heterocycles. The number of nitrogens with zero attached hydrogens (tertiary/aromatic N) is 3. The lowest BCUT2D eigenvalue weighted by Crippen LogP contribution is -2.04. The molecule has 0 spiro atoms. The van der Waals surface area contributed by atoms with Crippen molar-refractivity contribution in [2.45, 2.75) is 91.7 Å². The summed E-state index contributed by atoms with van der Waals surface area (Å²) in [5.74, 6) is 0. The van der Waals surface area contributed by atoms with Gasteiger partial charge < -0.3 is 4.74 Å². The van der Waals surface area contributed by atoms with Crippen molar-refractivity contribution in [3.8, 4) is 0 Å². The molecule has 0 saturated carbocycles. The summed E-state index contributed by atoms with van der Waals surface area (Å²) in [6, 6.07) is 0. The van der Waals surface area contributed by atoms with Gasteiger partial charge in [0, 0.05) is 6.61 Å². The molecular weight excluding hydrogens is 318 g/mol. The predicted molar refractivity (Wildman–Crippen MR) is 100 cm³/mol. The van der Waals surface area contributed by atoms with E-state index >= 15 is 0 Å². The van der Waals surface area contributed by atoms with E-state index in [0.29, 0.717) is 12.0 Å². The van der Waals surface area contributed by atoms with E-state index in [0.717, 1.165) is 6.42 Å². The van der Waals surface area contributed by atoms with Crippen LogP contribution in [0.1, 0.15) is 85.0 Å². The number of hydrogen-bond acceptors (Lipinski definition) is 4. The van der Waals surface area contributed by atoms with Crippen LogP contribution in [0.2, 0.25) is 0 Å². The van der Waals surface area contributed by atoms with E-state index in [1.165, 1.54) is 74.9 Å². The van der Waals surface area contributed by atoms with E-state index in [1.54, 1.807) is 0 Å². The standard InChI is InChI=1S/C19H35N3O3/c1-19(2,3)13-11-9-7-5-4-6-8-10-12-14-25-17-21-16-18(15-20-21)22(23)24/h15-16H,4-14,17H2,1-3H3. The first-order valence-electron chi connectivity index (χ1n) is 9.63. The van der Waals surface area contributed by atoms with Crippen molar-refractivity contribution in [3.63, 3.8) is 0 Å². The van der Waals surface area contributed by atoms with Gasteiger partial charge in [0.2, 0.25) is 0 Å². The molecule has 25 heavy (non-hydrogen) atoms. The van der Waals surface area contributed by atoms with E-state index in [4.69, 9.17) is 4.74 Å². The molecule has 0 fully saturated rings. The van der Waals surface area contributed by atoms with Gasteiger partial charge >= 0.3 is 5.69 Å². The zero-order valence-corrected chi connectivity index (χ0v) is 16.2. The molecule has 1 aromatic heterocycles. The predicted octanol–water partition coefficient (Wildman–Crippen LogP) is 5.71. The minimum atomic E-state index is -0.450. The van der Waals surface area contributed by atoms with Crippen molar-refractivity contribution in [1.82, 2.24) is 9.78 Å². The maximum absolute atomic E-state index is 10.5. The van der Waals surface area contributed by atoms with Gasteiger partial charge in [-0.2, -0.15) is 5.10 Å². The smallest absolute Gasteiger partial charge is 0.307 e. The Bertz CT molecular complexity index is 481. The molecule has 0 bridgehead atoms. The van der Waals surface area contributed by atoms with Gasteiger partial charge in [0.15, 0.2) is 0 Å². The number of hydrogen-bond donors (Lipinski definition) is 0. The molecule has 0 amide bonds. The molecule has 0 aliphatic heterocycles. The Balaban J connectivity index is 1.83. The molecule has 0 aromatic carbocycles. The second-order valence-corrected chi connectivity index (χ2v) is 8.03. The zero-order chi connectivity index (χ0) is 18.5. The third-order valence-corrected chi connectivity index (χ3v) is 4.27. The fourth-order valence-corrected chi connectivity index (χ4v) is 2.77. The van der Waals surface area contributed by atoms with Crippen molar-refractivity contribution < 1.29 is 9.66 Å². The normalized spacial score (nSPS) is 11.8. The van der Waals surface area contributed by atoms with Gasteiger partial charge in [-0.05, 0) is 18.3 Å². The van der Waals surface area contributed by atoms with Crippen molar-refractivity contribution in [2.75, 3.05) is 6.61 Å². The van der Waals surface area contributed by atoms with Gasteiger partial charge in [-0.25, -0.2) is 4.68 Å². The second kappa shape index (κ2) is 12.0. The molecule has 6 nitrogen and oxygen atoms in total. The Kier molecular flexibility index (Phi) is 10.4. The highest BCUT2D eigenvalue weighted by molar-refractivity contribution is 5.20. The summed E-state index contributed by atoms with van der Waals surface area (Å²) in [5.41, 5.74) is 0.482. The molecule has 144 valence electrons. The lowest BCUT2D eigenvalue weighted by atomic mass is 9.89. The van der Waals surface area contributed by atoms with Crippen LogP contribution in [0.3, 0.4) is 0 Å². The average Bonchev–Trinajstić information content (AvgIpc) is 3.00. The van der Waals surface area contributed by atoms with E-state index < -0.39 is 4.92 Å². The highest BCUT2D eigenvalue weighted by Gasteiger charge is 2.09. The number of unbranched alkanes of at least 4 members (excludes halogenated alkanes) is 8. The molecular formula is C19H35N3O3. The first-order chi connectivity index (χ1) is 11.9. The zero-order valence-electron chi connectivity index (χ0n) is 16.2. The minimum absolute atomic E-state index is 0.00186. The lowest BCUT2D eigenvalue weighted by molar-refractivity contribution is -0.385.